The number of hydrogen-bond acceptors (Lipinski definition) is 2. The van der Waals surface area contributed by atoms with Crippen LogP contribution < -0.4 is 0 Å². The second kappa shape index (κ2) is 20.4. The molecule has 0 saturated heterocycles. The Balaban J connectivity index is 2.95. The van der Waals surface area contributed by atoms with Crippen LogP contribution in [-0.2, 0) is 4.74 Å². The molecule has 0 fully saturated rings. The number of unbranched alkanes of at least 4 members (excludes halogenated alkanes) is 9. The van der Waals surface area contributed by atoms with Crippen molar-refractivity contribution in [1.29, 1.82) is 0 Å². The summed E-state index contributed by atoms with van der Waals surface area (Å²) in [6, 6.07) is 0. The number of ether oxygens (including phenoxy) is 1. The van der Waals surface area contributed by atoms with E-state index < -0.39 is 0 Å². The molecule has 23 heavy (non-hydrogen) atoms. The molecule has 0 radical (unpaired) electrons. The van der Waals surface area contributed by atoms with E-state index in [1.165, 1.54) is 95.0 Å². The lowest BCUT2D eigenvalue weighted by atomic mass is 10.0. The van der Waals surface area contributed by atoms with Gasteiger partial charge < -0.3 is 4.74 Å². The van der Waals surface area contributed by atoms with Gasteiger partial charge in [-0.25, -0.2) is 0 Å². The van der Waals surface area contributed by atoms with E-state index in [9.17, 15) is 0 Å². The van der Waals surface area contributed by atoms with E-state index in [4.69, 9.17) is 4.74 Å². The summed E-state index contributed by atoms with van der Waals surface area (Å²) in [5.74, 6) is 3.52. The summed E-state index contributed by atoms with van der Waals surface area (Å²) >= 11 is 2.12. The summed E-state index contributed by atoms with van der Waals surface area (Å²) in [5.41, 5.74) is 0. The Morgan fingerprint density at radius 1 is 0.652 bits per heavy atom. The maximum absolute atomic E-state index is 5.64. The minimum Gasteiger partial charge on any atom is -0.381 e. The molecule has 2 heteroatoms. The van der Waals surface area contributed by atoms with Gasteiger partial charge in [0.25, 0.3) is 0 Å². The predicted molar refractivity (Wildman–Crippen MR) is 109 cm³/mol. The average molecular weight is 345 g/mol. The second-order valence-corrected chi connectivity index (χ2v) is 8.52. The zero-order valence-corrected chi connectivity index (χ0v) is 17.2. The van der Waals surface area contributed by atoms with Crippen LogP contribution >= 0.6 is 11.8 Å². The van der Waals surface area contributed by atoms with E-state index in [0.717, 1.165) is 19.1 Å². The lowest BCUT2D eigenvalue weighted by Gasteiger charge is -2.05. The van der Waals surface area contributed by atoms with Crippen LogP contribution in [0.2, 0.25) is 0 Å². The van der Waals surface area contributed by atoms with Crippen molar-refractivity contribution in [3.8, 4) is 0 Å². The first-order valence-corrected chi connectivity index (χ1v) is 11.6. The molecule has 0 spiro atoms. The van der Waals surface area contributed by atoms with E-state index in [2.05, 4.69) is 32.5 Å². The molecule has 0 heterocycles. The van der Waals surface area contributed by atoms with Crippen LogP contribution in [0.5, 0.6) is 0 Å². The minimum absolute atomic E-state index is 0.889. The fourth-order valence-corrected chi connectivity index (χ4v) is 3.67. The maximum Gasteiger partial charge on any atom is 0.0473 e. The zero-order chi connectivity index (χ0) is 17.0. The molecule has 0 aromatic rings. The van der Waals surface area contributed by atoms with Crippen LogP contribution in [0.1, 0.15) is 104 Å². The van der Waals surface area contributed by atoms with E-state index in [1.54, 1.807) is 0 Å². The molecule has 0 aliphatic heterocycles. The molecular formula is C21H44OS. The number of thioether (sulfide) groups is 1. The Hall–Kier alpha value is 0.310. The molecule has 0 bridgehead atoms. The van der Waals surface area contributed by atoms with Gasteiger partial charge in [0.1, 0.15) is 0 Å². The highest BCUT2D eigenvalue weighted by molar-refractivity contribution is 7.99. The van der Waals surface area contributed by atoms with Crippen molar-refractivity contribution in [3.05, 3.63) is 0 Å². The predicted octanol–water partition coefficient (Wildman–Crippen LogP) is 7.48. The van der Waals surface area contributed by atoms with Gasteiger partial charge in [-0.3, -0.25) is 0 Å². The minimum atomic E-state index is 0.889. The van der Waals surface area contributed by atoms with E-state index in [1.807, 2.05) is 0 Å². The molecule has 0 N–H and O–H groups in total. The third kappa shape index (κ3) is 22.3. The number of rotatable bonds is 19. The van der Waals surface area contributed by atoms with Crippen LogP contribution in [-0.4, -0.2) is 24.7 Å². The molecule has 0 saturated carbocycles. The Labute approximate surface area is 151 Å². The van der Waals surface area contributed by atoms with Gasteiger partial charge in [-0.2, -0.15) is 11.8 Å². The SMILES string of the molecule is CCCCCOCCCSCCCCCCCCCCC(C)C. The van der Waals surface area contributed by atoms with Crippen LogP contribution in [0.25, 0.3) is 0 Å². The lowest BCUT2D eigenvalue weighted by molar-refractivity contribution is 0.131. The molecule has 0 amide bonds. The van der Waals surface area contributed by atoms with Crippen molar-refractivity contribution < 1.29 is 4.74 Å². The molecule has 0 unspecified atom stereocenters. The zero-order valence-electron chi connectivity index (χ0n) is 16.4. The quantitative estimate of drug-likeness (QED) is 0.225. The highest BCUT2D eigenvalue weighted by Gasteiger charge is 1.96. The molecular weight excluding hydrogens is 300 g/mol. The van der Waals surface area contributed by atoms with Crippen molar-refractivity contribution in [2.75, 3.05) is 24.7 Å². The van der Waals surface area contributed by atoms with Gasteiger partial charge in [-0.05, 0) is 36.7 Å². The Morgan fingerprint density at radius 2 is 1.22 bits per heavy atom. The number of hydrogen-bond donors (Lipinski definition) is 0. The van der Waals surface area contributed by atoms with E-state index >= 15 is 0 Å². The Morgan fingerprint density at radius 3 is 1.87 bits per heavy atom. The molecule has 0 aliphatic carbocycles. The summed E-state index contributed by atoms with van der Waals surface area (Å²) in [7, 11) is 0. The Bertz CT molecular complexity index is 206. The molecule has 0 aromatic carbocycles. The second-order valence-electron chi connectivity index (χ2n) is 7.30. The van der Waals surface area contributed by atoms with Crippen molar-refractivity contribution >= 4 is 11.8 Å². The van der Waals surface area contributed by atoms with Crippen LogP contribution in [0, 0.1) is 5.92 Å². The van der Waals surface area contributed by atoms with Gasteiger partial charge in [0.05, 0.1) is 0 Å². The molecule has 140 valence electrons. The maximum atomic E-state index is 5.64. The lowest BCUT2D eigenvalue weighted by Crippen LogP contribution is -1.98. The first-order chi connectivity index (χ1) is 11.3. The van der Waals surface area contributed by atoms with Gasteiger partial charge in [0.15, 0.2) is 0 Å². The first-order valence-electron chi connectivity index (χ1n) is 10.4. The molecule has 0 atom stereocenters. The smallest absolute Gasteiger partial charge is 0.0473 e. The summed E-state index contributed by atoms with van der Waals surface area (Å²) in [5, 5.41) is 0. The third-order valence-corrected chi connectivity index (χ3v) is 5.44. The molecule has 1 nitrogen and oxygen atoms in total. The van der Waals surface area contributed by atoms with Gasteiger partial charge >= 0.3 is 0 Å². The topological polar surface area (TPSA) is 9.23 Å². The Kier molecular flexibility index (Phi) is 20.6. The highest BCUT2D eigenvalue weighted by atomic mass is 32.2. The average Bonchev–Trinajstić information content (AvgIpc) is 2.53. The first kappa shape index (κ1) is 23.3. The fraction of sp³-hybridized carbons (Fsp3) is 1.00. The van der Waals surface area contributed by atoms with Crippen LogP contribution in [0.15, 0.2) is 0 Å². The summed E-state index contributed by atoms with van der Waals surface area (Å²) in [6.45, 7) is 8.84. The van der Waals surface area contributed by atoms with Crippen molar-refractivity contribution in [1.82, 2.24) is 0 Å². The summed E-state index contributed by atoms with van der Waals surface area (Å²) < 4.78 is 5.64. The molecule has 0 aliphatic rings. The van der Waals surface area contributed by atoms with Crippen molar-refractivity contribution in [2.45, 2.75) is 104 Å². The van der Waals surface area contributed by atoms with Crippen LogP contribution in [0.4, 0.5) is 0 Å². The van der Waals surface area contributed by atoms with E-state index in [-0.39, 0.29) is 0 Å². The van der Waals surface area contributed by atoms with Gasteiger partial charge in [-0.15, -0.1) is 0 Å². The largest absolute Gasteiger partial charge is 0.381 e. The van der Waals surface area contributed by atoms with E-state index in [0.29, 0.717) is 0 Å². The van der Waals surface area contributed by atoms with Gasteiger partial charge in [0, 0.05) is 13.2 Å². The van der Waals surface area contributed by atoms with Crippen molar-refractivity contribution in [2.24, 2.45) is 5.92 Å². The molecule has 0 rings (SSSR count). The fourth-order valence-electron chi connectivity index (χ4n) is 2.74. The van der Waals surface area contributed by atoms with Gasteiger partial charge in [0.2, 0.25) is 0 Å². The third-order valence-electron chi connectivity index (χ3n) is 4.29. The molecule has 0 aromatic heterocycles. The highest BCUT2D eigenvalue weighted by Crippen LogP contribution is 2.14. The normalized spacial score (nSPS) is 11.5. The summed E-state index contributed by atoms with van der Waals surface area (Å²) in [6.07, 6.45) is 18.1. The summed E-state index contributed by atoms with van der Waals surface area (Å²) in [4.78, 5) is 0. The monoisotopic (exact) mass is 344 g/mol. The van der Waals surface area contributed by atoms with Crippen LogP contribution in [0.3, 0.4) is 0 Å². The standard InChI is InChI=1S/C21H44OS/c1-4-5-13-17-22-18-15-20-23-19-14-11-9-7-6-8-10-12-16-21(2)3/h21H,4-20H2,1-3H3. The van der Waals surface area contributed by atoms with Gasteiger partial charge in [-0.1, -0.05) is 85.0 Å². The van der Waals surface area contributed by atoms with Crippen molar-refractivity contribution in [3.63, 3.8) is 0 Å².